The molecule has 1 atom stereocenters. The molecule has 1 heterocycles. The van der Waals surface area contributed by atoms with Crippen LogP contribution in [-0.4, -0.2) is 39.7 Å². The van der Waals surface area contributed by atoms with E-state index in [1.807, 2.05) is 18.2 Å². The fourth-order valence-electron chi connectivity index (χ4n) is 2.20. The summed E-state index contributed by atoms with van der Waals surface area (Å²) in [7, 11) is -2.99. The SMILES string of the molecule is CCCNC1COc2cc(OCCS(=O)(=O)CC)ccc21. The van der Waals surface area contributed by atoms with Gasteiger partial charge in [-0.1, -0.05) is 13.8 Å². The van der Waals surface area contributed by atoms with Gasteiger partial charge in [-0.2, -0.15) is 0 Å². The van der Waals surface area contributed by atoms with E-state index in [4.69, 9.17) is 9.47 Å². The topological polar surface area (TPSA) is 64.6 Å². The van der Waals surface area contributed by atoms with E-state index in [9.17, 15) is 8.42 Å². The molecular weight excluding hydrogens is 290 g/mol. The number of nitrogens with one attached hydrogen (secondary N) is 1. The zero-order valence-electron chi connectivity index (χ0n) is 12.6. The normalized spacial score (nSPS) is 17.3. The first kappa shape index (κ1) is 16.1. The zero-order valence-corrected chi connectivity index (χ0v) is 13.4. The Kier molecular flexibility index (Phi) is 5.47. The Balaban J connectivity index is 1.93. The second-order valence-electron chi connectivity index (χ2n) is 5.10. The standard InChI is InChI=1S/C15H23NO4S/c1-3-7-16-14-11-20-15-10-12(5-6-13(14)15)19-8-9-21(17,18)4-2/h5-6,10,14,16H,3-4,7-9,11H2,1-2H3. The summed E-state index contributed by atoms with van der Waals surface area (Å²) >= 11 is 0. The van der Waals surface area contributed by atoms with Crippen molar-refractivity contribution in [1.82, 2.24) is 5.32 Å². The van der Waals surface area contributed by atoms with Gasteiger partial charge in [-0.3, -0.25) is 0 Å². The average Bonchev–Trinajstić information content (AvgIpc) is 2.87. The van der Waals surface area contributed by atoms with Crippen molar-refractivity contribution in [2.75, 3.05) is 31.3 Å². The van der Waals surface area contributed by atoms with Crippen LogP contribution in [0.15, 0.2) is 18.2 Å². The predicted octanol–water partition coefficient (Wildman–Crippen LogP) is 1.93. The summed E-state index contributed by atoms with van der Waals surface area (Å²) in [6.45, 7) is 5.53. The third-order valence-electron chi connectivity index (χ3n) is 3.51. The number of hydrogen-bond acceptors (Lipinski definition) is 5. The molecule has 0 aliphatic carbocycles. The fourth-order valence-corrected chi connectivity index (χ4v) is 2.82. The van der Waals surface area contributed by atoms with Crippen molar-refractivity contribution in [2.45, 2.75) is 26.3 Å². The Morgan fingerprint density at radius 2 is 2.19 bits per heavy atom. The van der Waals surface area contributed by atoms with Crippen LogP contribution in [-0.2, 0) is 9.84 Å². The summed E-state index contributed by atoms with van der Waals surface area (Å²) in [4.78, 5) is 0. The second kappa shape index (κ2) is 7.13. The van der Waals surface area contributed by atoms with Crippen LogP contribution < -0.4 is 14.8 Å². The minimum absolute atomic E-state index is 0.0438. The highest BCUT2D eigenvalue weighted by molar-refractivity contribution is 7.91. The molecule has 1 aliphatic rings. The van der Waals surface area contributed by atoms with Crippen molar-refractivity contribution in [3.8, 4) is 11.5 Å². The van der Waals surface area contributed by atoms with Crippen molar-refractivity contribution >= 4 is 9.84 Å². The molecule has 0 spiro atoms. The van der Waals surface area contributed by atoms with E-state index < -0.39 is 9.84 Å². The number of fused-ring (bicyclic) bond motifs is 1. The molecule has 0 aromatic heterocycles. The first-order valence-electron chi connectivity index (χ1n) is 7.39. The first-order valence-corrected chi connectivity index (χ1v) is 9.21. The third kappa shape index (κ3) is 4.35. The molecular formula is C15H23NO4S. The molecule has 1 aliphatic heterocycles. The van der Waals surface area contributed by atoms with Gasteiger partial charge in [0, 0.05) is 17.4 Å². The van der Waals surface area contributed by atoms with Crippen LogP contribution in [0, 0.1) is 0 Å². The monoisotopic (exact) mass is 313 g/mol. The molecule has 1 aromatic carbocycles. The van der Waals surface area contributed by atoms with Crippen molar-refractivity contribution in [3.63, 3.8) is 0 Å². The zero-order chi connectivity index (χ0) is 15.3. The summed E-state index contributed by atoms with van der Waals surface area (Å²) in [6.07, 6.45) is 1.08. The number of ether oxygens (including phenoxy) is 2. The predicted molar refractivity (Wildman–Crippen MR) is 82.8 cm³/mol. The maximum Gasteiger partial charge on any atom is 0.153 e. The quantitative estimate of drug-likeness (QED) is 0.794. The highest BCUT2D eigenvalue weighted by Gasteiger charge is 2.23. The molecule has 118 valence electrons. The van der Waals surface area contributed by atoms with E-state index in [-0.39, 0.29) is 24.2 Å². The van der Waals surface area contributed by atoms with Gasteiger partial charge in [0.25, 0.3) is 0 Å². The lowest BCUT2D eigenvalue weighted by molar-refractivity contribution is 0.307. The van der Waals surface area contributed by atoms with Gasteiger partial charge >= 0.3 is 0 Å². The van der Waals surface area contributed by atoms with Crippen molar-refractivity contribution in [2.24, 2.45) is 0 Å². The van der Waals surface area contributed by atoms with E-state index in [2.05, 4.69) is 12.2 Å². The van der Waals surface area contributed by atoms with Crippen molar-refractivity contribution < 1.29 is 17.9 Å². The second-order valence-corrected chi connectivity index (χ2v) is 7.57. The van der Waals surface area contributed by atoms with Gasteiger partial charge in [-0.05, 0) is 25.1 Å². The largest absolute Gasteiger partial charge is 0.492 e. The van der Waals surface area contributed by atoms with E-state index in [0.29, 0.717) is 12.4 Å². The number of rotatable bonds is 8. The molecule has 21 heavy (non-hydrogen) atoms. The number of hydrogen-bond donors (Lipinski definition) is 1. The Bertz CT molecular complexity index is 571. The molecule has 0 amide bonds. The summed E-state index contributed by atoms with van der Waals surface area (Å²) in [5.41, 5.74) is 1.14. The third-order valence-corrected chi connectivity index (χ3v) is 5.18. The molecule has 5 nitrogen and oxygen atoms in total. The maximum absolute atomic E-state index is 11.4. The molecule has 1 aromatic rings. The van der Waals surface area contributed by atoms with E-state index in [1.54, 1.807) is 6.92 Å². The van der Waals surface area contributed by atoms with Gasteiger partial charge < -0.3 is 14.8 Å². The van der Waals surface area contributed by atoms with Gasteiger partial charge in [-0.25, -0.2) is 8.42 Å². The maximum atomic E-state index is 11.4. The van der Waals surface area contributed by atoms with Crippen LogP contribution in [0.2, 0.25) is 0 Å². The number of sulfone groups is 1. The Morgan fingerprint density at radius 3 is 2.90 bits per heavy atom. The Hall–Kier alpha value is -1.27. The van der Waals surface area contributed by atoms with Crippen molar-refractivity contribution in [1.29, 1.82) is 0 Å². The summed E-state index contributed by atoms with van der Waals surface area (Å²) in [5.74, 6) is 1.66. The lowest BCUT2D eigenvalue weighted by Crippen LogP contribution is -2.22. The van der Waals surface area contributed by atoms with E-state index in [1.165, 1.54) is 0 Å². The Labute approximate surface area is 126 Å². The van der Waals surface area contributed by atoms with Crippen LogP contribution >= 0.6 is 0 Å². The molecule has 0 fully saturated rings. The van der Waals surface area contributed by atoms with Gasteiger partial charge in [-0.15, -0.1) is 0 Å². The molecule has 1 unspecified atom stereocenters. The summed E-state index contributed by atoms with van der Waals surface area (Å²) < 4.78 is 34.0. The van der Waals surface area contributed by atoms with Crippen LogP contribution in [0.25, 0.3) is 0 Å². The molecule has 0 saturated carbocycles. The van der Waals surface area contributed by atoms with Gasteiger partial charge in [0.15, 0.2) is 9.84 Å². The average molecular weight is 313 g/mol. The lowest BCUT2D eigenvalue weighted by Gasteiger charge is -2.11. The van der Waals surface area contributed by atoms with Crippen LogP contribution in [0.1, 0.15) is 31.9 Å². The van der Waals surface area contributed by atoms with Crippen LogP contribution in [0.3, 0.4) is 0 Å². The summed E-state index contributed by atoms with van der Waals surface area (Å²) in [6, 6.07) is 5.92. The molecule has 0 radical (unpaired) electrons. The van der Waals surface area contributed by atoms with E-state index >= 15 is 0 Å². The van der Waals surface area contributed by atoms with E-state index in [0.717, 1.165) is 24.3 Å². The minimum Gasteiger partial charge on any atom is -0.492 e. The van der Waals surface area contributed by atoms with Gasteiger partial charge in [0.05, 0.1) is 11.8 Å². The molecule has 0 bridgehead atoms. The smallest absolute Gasteiger partial charge is 0.153 e. The minimum atomic E-state index is -2.99. The van der Waals surface area contributed by atoms with Crippen LogP contribution in [0.4, 0.5) is 0 Å². The molecule has 1 N–H and O–H groups in total. The van der Waals surface area contributed by atoms with Gasteiger partial charge in [0.1, 0.15) is 24.7 Å². The lowest BCUT2D eigenvalue weighted by atomic mass is 10.1. The molecule has 2 rings (SSSR count). The summed E-state index contributed by atoms with van der Waals surface area (Å²) in [5, 5.41) is 3.43. The highest BCUT2D eigenvalue weighted by atomic mass is 32.2. The molecule has 6 heteroatoms. The fraction of sp³-hybridized carbons (Fsp3) is 0.600. The van der Waals surface area contributed by atoms with Gasteiger partial charge in [0.2, 0.25) is 0 Å². The number of benzene rings is 1. The Morgan fingerprint density at radius 1 is 1.38 bits per heavy atom. The highest BCUT2D eigenvalue weighted by Crippen LogP contribution is 2.35. The molecule has 0 saturated heterocycles. The van der Waals surface area contributed by atoms with Crippen molar-refractivity contribution in [3.05, 3.63) is 23.8 Å². The first-order chi connectivity index (χ1) is 10.1. The van der Waals surface area contributed by atoms with Crippen LogP contribution in [0.5, 0.6) is 11.5 Å².